The molecule has 0 aliphatic rings. The fraction of sp³-hybridized carbons (Fsp3) is 0.333. The van der Waals surface area contributed by atoms with Gasteiger partial charge in [-0.15, -0.1) is 6.58 Å². The first kappa shape index (κ1) is 10.0. The number of benzene rings is 1. The first-order valence-electron chi connectivity index (χ1n) is 4.58. The number of allylic oxidation sites excluding steroid dienone is 1. The van der Waals surface area contributed by atoms with Gasteiger partial charge >= 0.3 is 0 Å². The Morgan fingerprint density at radius 1 is 1.38 bits per heavy atom. The molecule has 1 aromatic carbocycles. The average Bonchev–Trinajstić information content (AvgIpc) is 2.20. The Kier molecular flexibility index (Phi) is 3.71. The summed E-state index contributed by atoms with van der Waals surface area (Å²) in [5.74, 6) is 0.492. The summed E-state index contributed by atoms with van der Waals surface area (Å²) in [6, 6.07) is 10.1. The van der Waals surface area contributed by atoms with Gasteiger partial charge in [-0.1, -0.05) is 43.3 Å². The number of aliphatic hydroxyl groups is 1. The third-order valence-corrected chi connectivity index (χ3v) is 2.34. The van der Waals surface area contributed by atoms with Gasteiger partial charge in [-0.2, -0.15) is 0 Å². The molecule has 0 aromatic heterocycles. The van der Waals surface area contributed by atoms with Crippen LogP contribution in [0.2, 0.25) is 0 Å². The van der Waals surface area contributed by atoms with Gasteiger partial charge in [0.2, 0.25) is 0 Å². The summed E-state index contributed by atoms with van der Waals surface area (Å²) in [4.78, 5) is 0. The lowest BCUT2D eigenvalue weighted by Crippen LogP contribution is -2.11. The molecule has 1 heteroatoms. The molecule has 0 fully saturated rings. The normalized spacial score (nSPS) is 14.9. The van der Waals surface area contributed by atoms with E-state index in [1.165, 1.54) is 5.56 Å². The van der Waals surface area contributed by atoms with E-state index in [1.807, 2.05) is 31.2 Å². The van der Waals surface area contributed by atoms with Gasteiger partial charge in [-0.3, -0.25) is 0 Å². The minimum absolute atomic E-state index is 0.200. The topological polar surface area (TPSA) is 20.2 Å². The first-order valence-corrected chi connectivity index (χ1v) is 4.58. The maximum atomic E-state index is 9.05. The van der Waals surface area contributed by atoms with Gasteiger partial charge in [0.1, 0.15) is 0 Å². The Hall–Kier alpha value is -1.08. The van der Waals surface area contributed by atoms with Gasteiger partial charge in [0.05, 0.1) is 0 Å². The summed E-state index contributed by atoms with van der Waals surface area (Å²) >= 11 is 0. The fourth-order valence-electron chi connectivity index (χ4n) is 1.49. The van der Waals surface area contributed by atoms with E-state index in [0.717, 1.165) is 0 Å². The van der Waals surface area contributed by atoms with E-state index in [4.69, 9.17) is 5.11 Å². The highest BCUT2D eigenvalue weighted by molar-refractivity contribution is 5.23. The maximum Gasteiger partial charge on any atom is 0.0465 e. The minimum atomic E-state index is 0.200. The smallest absolute Gasteiger partial charge is 0.0465 e. The van der Waals surface area contributed by atoms with Crippen LogP contribution in [-0.2, 0) is 0 Å². The van der Waals surface area contributed by atoms with Crippen LogP contribution in [0.1, 0.15) is 18.4 Å². The van der Waals surface area contributed by atoms with Crippen molar-refractivity contribution in [3.8, 4) is 0 Å². The van der Waals surface area contributed by atoms with Crippen LogP contribution in [0.15, 0.2) is 43.0 Å². The zero-order chi connectivity index (χ0) is 9.68. The van der Waals surface area contributed by atoms with Crippen LogP contribution in [0.4, 0.5) is 0 Å². The summed E-state index contributed by atoms with van der Waals surface area (Å²) in [5.41, 5.74) is 1.22. The molecule has 13 heavy (non-hydrogen) atoms. The lowest BCUT2D eigenvalue weighted by atomic mass is 9.88. The van der Waals surface area contributed by atoms with Crippen LogP contribution in [0.25, 0.3) is 0 Å². The molecule has 0 heterocycles. The second-order valence-electron chi connectivity index (χ2n) is 3.33. The van der Waals surface area contributed by atoms with E-state index >= 15 is 0 Å². The van der Waals surface area contributed by atoms with Gasteiger partial charge in [0.25, 0.3) is 0 Å². The van der Waals surface area contributed by atoms with Crippen molar-refractivity contribution in [1.29, 1.82) is 0 Å². The van der Waals surface area contributed by atoms with Crippen molar-refractivity contribution < 1.29 is 5.11 Å². The van der Waals surface area contributed by atoms with E-state index in [0.29, 0.717) is 0 Å². The molecule has 0 aliphatic carbocycles. The van der Waals surface area contributed by atoms with E-state index in [-0.39, 0.29) is 18.4 Å². The predicted molar refractivity (Wildman–Crippen MR) is 55.6 cm³/mol. The number of hydrogen-bond donors (Lipinski definition) is 1. The van der Waals surface area contributed by atoms with Gasteiger partial charge in [0.15, 0.2) is 0 Å². The monoisotopic (exact) mass is 176 g/mol. The van der Waals surface area contributed by atoms with E-state index in [9.17, 15) is 0 Å². The zero-order valence-electron chi connectivity index (χ0n) is 7.98. The Morgan fingerprint density at radius 3 is 2.46 bits per heavy atom. The highest BCUT2D eigenvalue weighted by atomic mass is 16.3. The number of hydrogen-bond acceptors (Lipinski definition) is 1. The molecule has 0 saturated heterocycles. The quantitative estimate of drug-likeness (QED) is 0.699. The lowest BCUT2D eigenvalue weighted by Gasteiger charge is -2.18. The highest BCUT2D eigenvalue weighted by Crippen LogP contribution is 2.24. The second-order valence-corrected chi connectivity index (χ2v) is 3.33. The molecule has 70 valence electrons. The third kappa shape index (κ3) is 2.43. The van der Waals surface area contributed by atoms with Crippen LogP contribution in [0.5, 0.6) is 0 Å². The van der Waals surface area contributed by atoms with Crippen molar-refractivity contribution in [3.63, 3.8) is 0 Å². The van der Waals surface area contributed by atoms with Gasteiger partial charge < -0.3 is 5.11 Å². The molecule has 1 nitrogen and oxygen atoms in total. The molecule has 0 radical (unpaired) electrons. The van der Waals surface area contributed by atoms with Gasteiger partial charge in [-0.25, -0.2) is 0 Å². The molecule has 2 atom stereocenters. The summed E-state index contributed by atoms with van der Waals surface area (Å²) < 4.78 is 0. The molecule has 1 rings (SSSR count). The molecule has 0 aliphatic heterocycles. The van der Waals surface area contributed by atoms with Crippen LogP contribution in [0, 0.1) is 5.92 Å². The number of aliphatic hydroxyl groups excluding tert-OH is 1. The van der Waals surface area contributed by atoms with Crippen molar-refractivity contribution in [2.24, 2.45) is 5.92 Å². The highest BCUT2D eigenvalue weighted by Gasteiger charge is 2.14. The zero-order valence-corrected chi connectivity index (χ0v) is 7.98. The number of rotatable bonds is 4. The second kappa shape index (κ2) is 4.83. The first-order chi connectivity index (χ1) is 6.29. The molecule has 1 aromatic rings. The summed E-state index contributed by atoms with van der Waals surface area (Å²) in [7, 11) is 0. The van der Waals surface area contributed by atoms with E-state index < -0.39 is 0 Å². The van der Waals surface area contributed by atoms with Crippen LogP contribution in [0.3, 0.4) is 0 Å². The summed E-state index contributed by atoms with van der Waals surface area (Å²) in [6.45, 7) is 6.02. The third-order valence-electron chi connectivity index (χ3n) is 2.34. The molecule has 0 unspecified atom stereocenters. The van der Waals surface area contributed by atoms with Gasteiger partial charge in [-0.05, 0) is 11.5 Å². The largest absolute Gasteiger partial charge is 0.396 e. The Balaban J connectivity index is 2.84. The Labute approximate surface area is 79.7 Å². The molecular weight excluding hydrogens is 160 g/mol. The molecular formula is C12H16O. The minimum Gasteiger partial charge on any atom is -0.396 e. The van der Waals surface area contributed by atoms with Crippen molar-refractivity contribution in [3.05, 3.63) is 48.6 Å². The Bertz CT molecular complexity index is 253. The van der Waals surface area contributed by atoms with Crippen molar-refractivity contribution in [2.45, 2.75) is 12.8 Å². The average molecular weight is 176 g/mol. The van der Waals surface area contributed by atoms with Crippen molar-refractivity contribution in [2.75, 3.05) is 6.61 Å². The molecule has 0 spiro atoms. The molecule has 0 saturated carbocycles. The fourth-order valence-corrected chi connectivity index (χ4v) is 1.49. The molecule has 0 amide bonds. The summed E-state index contributed by atoms with van der Waals surface area (Å²) in [5, 5.41) is 9.05. The summed E-state index contributed by atoms with van der Waals surface area (Å²) in [6.07, 6.45) is 1.90. The lowest BCUT2D eigenvalue weighted by molar-refractivity contribution is 0.227. The Morgan fingerprint density at radius 2 is 2.00 bits per heavy atom. The van der Waals surface area contributed by atoms with E-state index in [1.54, 1.807) is 0 Å². The van der Waals surface area contributed by atoms with Crippen LogP contribution < -0.4 is 0 Å². The SMILES string of the molecule is C=C[C@@H](c1ccccc1)[C@@H](C)CO. The van der Waals surface area contributed by atoms with Crippen LogP contribution in [-0.4, -0.2) is 11.7 Å². The maximum absolute atomic E-state index is 9.05. The molecule has 1 N–H and O–H groups in total. The van der Waals surface area contributed by atoms with Gasteiger partial charge in [0, 0.05) is 12.5 Å². The van der Waals surface area contributed by atoms with Crippen molar-refractivity contribution >= 4 is 0 Å². The van der Waals surface area contributed by atoms with E-state index in [2.05, 4.69) is 18.7 Å². The predicted octanol–water partition coefficient (Wildman–Crippen LogP) is 2.58. The van der Waals surface area contributed by atoms with Crippen molar-refractivity contribution in [1.82, 2.24) is 0 Å². The molecule has 0 bridgehead atoms. The van der Waals surface area contributed by atoms with Crippen LogP contribution >= 0.6 is 0 Å². The standard InChI is InChI=1S/C12H16O/c1-3-12(10(2)9-13)11-7-5-4-6-8-11/h3-8,10,12-13H,1,9H2,2H3/t10-,12+/m0/s1.